The van der Waals surface area contributed by atoms with Gasteiger partial charge in [0.25, 0.3) is 0 Å². The molecule has 1 saturated carbocycles. The quantitative estimate of drug-likeness (QED) is 0.248. The average Bonchev–Trinajstić information content (AvgIpc) is 3.30. The first kappa shape index (κ1) is 26.9. The summed E-state index contributed by atoms with van der Waals surface area (Å²) in [5.41, 5.74) is 13.7. The van der Waals surface area contributed by atoms with Crippen LogP contribution in [0, 0.1) is 18.9 Å². The number of aryl methyl sites for hydroxylation is 1. The number of hydrogen-bond donors (Lipinski definition) is 1. The summed E-state index contributed by atoms with van der Waals surface area (Å²) in [4.78, 5) is 16.4. The Morgan fingerprint density at radius 2 is 1.76 bits per heavy atom. The van der Waals surface area contributed by atoms with Gasteiger partial charge in [-0.1, -0.05) is 42.0 Å². The molecule has 0 bridgehead atoms. The van der Waals surface area contributed by atoms with Crippen molar-refractivity contribution >= 4 is 27.8 Å². The van der Waals surface area contributed by atoms with Gasteiger partial charge in [0, 0.05) is 57.1 Å². The molecule has 6 rings (SSSR count). The Balaban J connectivity index is 0.00000294. The van der Waals surface area contributed by atoms with Crippen LogP contribution in [0.25, 0.3) is 44.3 Å². The number of nitrogens with two attached hydrogens (primary N) is 1. The molecule has 3 aromatic heterocycles. The van der Waals surface area contributed by atoms with Crippen molar-refractivity contribution in [2.75, 3.05) is 26.4 Å². The predicted octanol–water partition coefficient (Wildman–Crippen LogP) is 6.29. The van der Waals surface area contributed by atoms with Crippen molar-refractivity contribution in [3.63, 3.8) is 0 Å². The van der Waals surface area contributed by atoms with Gasteiger partial charge in [0.05, 0.1) is 5.39 Å². The maximum atomic E-state index is 6.49. The van der Waals surface area contributed by atoms with Crippen molar-refractivity contribution in [3.05, 3.63) is 72.7 Å². The molecule has 0 unspecified atom stereocenters. The molecule has 0 amide bonds. The van der Waals surface area contributed by atoms with Gasteiger partial charge in [-0.15, -0.1) is 23.6 Å². The molecule has 3 heterocycles. The molecule has 1 aliphatic carbocycles. The van der Waals surface area contributed by atoms with Crippen molar-refractivity contribution in [2.24, 2.45) is 5.92 Å². The molecule has 7 heteroatoms. The number of benzene rings is 2. The van der Waals surface area contributed by atoms with Crippen molar-refractivity contribution in [2.45, 2.75) is 38.6 Å². The van der Waals surface area contributed by atoms with E-state index in [0.717, 1.165) is 75.2 Å². The van der Waals surface area contributed by atoms with Gasteiger partial charge in [0.1, 0.15) is 17.8 Å². The summed E-state index contributed by atoms with van der Waals surface area (Å²) in [5.74, 6) is 1.29. The molecule has 0 saturated heterocycles. The largest absolute Gasteiger partial charge is 0.383 e. The first-order chi connectivity index (χ1) is 18.0. The van der Waals surface area contributed by atoms with E-state index in [4.69, 9.17) is 15.7 Å². The maximum absolute atomic E-state index is 6.49. The third-order valence-electron chi connectivity index (χ3n) is 7.86. The van der Waals surface area contributed by atoms with E-state index >= 15 is 0 Å². The van der Waals surface area contributed by atoms with Crippen LogP contribution in [0.4, 0.5) is 5.82 Å². The number of aromatic nitrogens is 4. The van der Waals surface area contributed by atoms with E-state index in [2.05, 4.69) is 72.0 Å². The van der Waals surface area contributed by atoms with Crippen LogP contribution < -0.4 is 5.73 Å². The molecule has 0 spiro atoms. The van der Waals surface area contributed by atoms with Gasteiger partial charge in [-0.25, -0.2) is 9.97 Å². The average molecular weight is 579 g/mol. The van der Waals surface area contributed by atoms with Gasteiger partial charge in [-0.05, 0) is 75.0 Å². The SMILES string of the molecule is Cc1c(-c2cn(C3CCC(CN(C)C)CC3)c3ncnc(N)c23)ccc2[c-]cc(-c3ccccc3)nc12.[Y]. The topological polar surface area (TPSA) is 72.9 Å². The number of pyridine rings is 1. The van der Waals surface area contributed by atoms with Crippen molar-refractivity contribution in [1.29, 1.82) is 0 Å². The summed E-state index contributed by atoms with van der Waals surface area (Å²) in [7, 11) is 4.33. The van der Waals surface area contributed by atoms with Gasteiger partial charge in [0.2, 0.25) is 0 Å². The van der Waals surface area contributed by atoms with Crippen LogP contribution in [0.2, 0.25) is 0 Å². The van der Waals surface area contributed by atoms with E-state index in [1.165, 1.54) is 12.8 Å². The minimum absolute atomic E-state index is 0. The Bertz CT molecular complexity index is 1570. The first-order valence-electron chi connectivity index (χ1n) is 13.1. The van der Waals surface area contributed by atoms with Crippen LogP contribution in [0.1, 0.15) is 37.3 Å². The summed E-state index contributed by atoms with van der Waals surface area (Å²) in [6, 6.07) is 20.4. The number of hydrogen-bond acceptors (Lipinski definition) is 5. The molecule has 5 aromatic rings. The van der Waals surface area contributed by atoms with E-state index in [-0.39, 0.29) is 32.7 Å². The summed E-state index contributed by atoms with van der Waals surface area (Å²) < 4.78 is 2.36. The number of fused-ring (bicyclic) bond motifs is 2. The second kappa shape index (κ2) is 11.2. The molecule has 1 fully saturated rings. The zero-order valence-electron chi connectivity index (χ0n) is 22.4. The Hall–Kier alpha value is -2.67. The fourth-order valence-corrected chi connectivity index (χ4v) is 6.02. The molecule has 2 N–H and O–H groups in total. The van der Waals surface area contributed by atoms with Crippen LogP contribution in [0.5, 0.6) is 0 Å². The molecular weight excluding hydrogens is 545 g/mol. The van der Waals surface area contributed by atoms with E-state index in [9.17, 15) is 0 Å². The summed E-state index contributed by atoms with van der Waals surface area (Å²) in [5, 5.41) is 1.94. The van der Waals surface area contributed by atoms with E-state index in [0.29, 0.717) is 11.9 Å². The van der Waals surface area contributed by atoms with Gasteiger partial charge < -0.3 is 20.2 Å². The second-order valence-electron chi connectivity index (χ2n) is 10.6. The minimum atomic E-state index is 0. The third kappa shape index (κ3) is 5.02. The second-order valence-corrected chi connectivity index (χ2v) is 10.6. The summed E-state index contributed by atoms with van der Waals surface area (Å²) in [6.07, 6.45) is 8.61. The standard InChI is InChI=1S/C31H33N6.Y/c1-20-25(15-11-23-12-16-27(35-29(20)23)22-7-5-4-6-8-22)26-18-37(31-28(26)30(32)33-19-34-31)24-13-9-21(10-14-24)17-36(2)3;/h4-8,11,15-16,18-19,21,24H,9-10,13-14,17H2,1-3H3,(H2,32,33,34);/q-1;. The van der Waals surface area contributed by atoms with Crippen molar-refractivity contribution in [3.8, 4) is 22.4 Å². The molecule has 6 nitrogen and oxygen atoms in total. The number of rotatable bonds is 5. The number of nitrogens with zero attached hydrogens (tertiary/aromatic N) is 5. The van der Waals surface area contributed by atoms with Crippen molar-refractivity contribution in [1.82, 2.24) is 24.4 Å². The Morgan fingerprint density at radius 1 is 1.00 bits per heavy atom. The molecule has 1 aliphatic rings. The maximum Gasteiger partial charge on any atom is 0.146 e. The van der Waals surface area contributed by atoms with Gasteiger partial charge >= 0.3 is 0 Å². The molecule has 0 atom stereocenters. The molecule has 191 valence electrons. The third-order valence-corrected chi connectivity index (χ3v) is 7.86. The Morgan fingerprint density at radius 3 is 2.50 bits per heavy atom. The van der Waals surface area contributed by atoms with Crippen molar-refractivity contribution < 1.29 is 32.7 Å². The Labute approximate surface area is 249 Å². The van der Waals surface area contributed by atoms with E-state index in [1.54, 1.807) is 6.33 Å². The molecule has 38 heavy (non-hydrogen) atoms. The molecule has 1 radical (unpaired) electrons. The van der Waals surface area contributed by atoms with Crippen LogP contribution in [-0.2, 0) is 32.7 Å². The normalized spacial score (nSPS) is 17.7. The zero-order valence-corrected chi connectivity index (χ0v) is 25.2. The van der Waals surface area contributed by atoms with Crippen LogP contribution >= 0.6 is 0 Å². The summed E-state index contributed by atoms with van der Waals surface area (Å²) in [6.45, 7) is 3.30. The van der Waals surface area contributed by atoms with Gasteiger partial charge in [-0.3, -0.25) is 0 Å². The molecule has 2 aromatic carbocycles. The van der Waals surface area contributed by atoms with E-state index < -0.39 is 0 Å². The van der Waals surface area contributed by atoms with Gasteiger partial charge in [0.15, 0.2) is 0 Å². The predicted molar refractivity (Wildman–Crippen MR) is 151 cm³/mol. The molecular formula is C31H33N6Y-. The first-order valence-corrected chi connectivity index (χ1v) is 13.1. The number of nitrogen functional groups attached to an aromatic ring is 1. The zero-order chi connectivity index (χ0) is 25.5. The smallest absolute Gasteiger partial charge is 0.146 e. The van der Waals surface area contributed by atoms with E-state index in [1.807, 2.05) is 24.3 Å². The van der Waals surface area contributed by atoms with Crippen LogP contribution in [0.15, 0.2) is 61.1 Å². The minimum Gasteiger partial charge on any atom is -0.383 e. The monoisotopic (exact) mass is 578 g/mol. The summed E-state index contributed by atoms with van der Waals surface area (Å²) >= 11 is 0. The van der Waals surface area contributed by atoms with Gasteiger partial charge in [-0.2, -0.15) is 0 Å². The fraction of sp³-hybridized carbons (Fsp3) is 0.323. The Kier molecular flexibility index (Phi) is 7.94. The van der Waals surface area contributed by atoms with Crippen LogP contribution in [0.3, 0.4) is 0 Å². The fourth-order valence-electron chi connectivity index (χ4n) is 6.02. The number of anilines is 1. The van der Waals surface area contributed by atoms with Crippen LogP contribution in [-0.4, -0.2) is 45.1 Å². The molecule has 0 aliphatic heterocycles.